The molecular formula is C15H19N3OS. The number of rotatable bonds is 2. The van der Waals surface area contributed by atoms with Gasteiger partial charge in [-0.25, -0.2) is 0 Å². The minimum absolute atomic E-state index is 0.0340. The predicted molar refractivity (Wildman–Crippen MR) is 84.3 cm³/mol. The van der Waals surface area contributed by atoms with Gasteiger partial charge < -0.3 is 16.4 Å². The standard InChI is InChI=1S/C15H19N3OS/c1-9-2-3-11-12(8-9)20-14(13(11)16)15(19)18-10-4-6-17-7-5-10/h2-3,8,10,17H,4-7,16H2,1H3,(H,18,19). The first-order chi connectivity index (χ1) is 9.65. The molecule has 1 aromatic carbocycles. The lowest BCUT2D eigenvalue weighted by Gasteiger charge is -2.23. The molecule has 3 rings (SSSR count). The average molecular weight is 289 g/mol. The molecule has 1 amide bonds. The number of hydrogen-bond acceptors (Lipinski definition) is 4. The Bertz CT molecular complexity index is 644. The third kappa shape index (κ3) is 2.51. The van der Waals surface area contributed by atoms with Crippen molar-refractivity contribution in [1.29, 1.82) is 0 Å². The summed E-state index contributed by atoms with van der Waals surface area (Å²) in [6, 6.07) is 6.37. The van der Waals surface area contributed by atoms with Crippen LogP contribution in [0.3, 0.4) is 0 Å². The summed E-state index contributed by atoms with van der Waals surface area (Å²) in [5.41, 5.74) is 7.92. The van der Waals surface area contributed by atoms with E-state index in [0.29, 0.717) is 10.6 Å². The second-order valence-electron chi connectivity index (χ2n) is 5.34. The fourth-order valence-electron chi connectivity index (χ4n) is 2.61. The molecule has 106 valence electrons. The third-order valence-electron chi connectivity index (χ3n) is 3.76. The van der Waals surface area contributed by atoms with Crippen LogP contribution in [0.2, 0.25) is 0 Å². The first-order valence-electron chi connectivity index (χ1n) is 6.95. The number of carbonyl (C=O) groups excluding carboxylic acids is 1. The highest BCUT2D eigenvalue weighted by atomic mass is 32.1. The fraction of sp³-hybridized carbons (Fsp3) is 0.400. The van der Waals surface area contributed by atoms with Gasteiger partial charge in [0.05, 0.1) is 5.69 Å². The Kier molecular flexibility index (Phi) is 3.63. The number of aryl methyl sites for hydroxylation is 1. The number of nitrogens with one attached hydrogen (secondary N) is 2. The number of hydrogen-bond donors (Lipinski definition) is 3. The molecule has 0 atom stereocenters. The number of anilines is 1. The number of thiophene rings is 1. The molecule has 1 aliphatic rings. The van der Waals surface area contributed by atoms with E-state index in [4.69, 9.17) is 5.73 Å². The van der Waals surface area contributed by atoms with E-state index in [1.807, 2.05) is 19.1 Å². The molecule has 20 heavy (non-hydrogen) atoms. The molecule has 4 nitrogen and oxygen atoms in total. The summed E-state index contributed by atoms with van der Waals surface area (Å²) >= 11 is 1.48. The van der Waals surface area contributed by atoms with E-state index in [-0.39, 0.29) is 11.9 Å². The summed E-state index contributed by atoms with van der Waals surface area (Å²) in [6.45, 7) is 3.97. The second kappa shape index (κ2) is 5.42. The minimum Gasteiger partial charge on any atom is -0.397 e. The lowest BCUT2D eigenvalue weighted by molar-refractivity contribution is 0.0934. The molecule has 1 saturated heterocycles. The summed E-state index contributed by atoms with van der Waals surface area (Å²) in [4.78, 5) is 13.0. The molecule has 0 radical (unpaired) electrons. The van der Waals surface area contributed by atoms with Crippen LogP contribution in [0.25, 0.3) is 10.1 Å². The van der Waals surface area contributed by atoms with Gasteiger partial charge in [0.1, 0.15) is 4.88 Å². The third-order valence-corrected chi connectivity index (χ3v) is 4.93. The van der Waals surface area contributed by atoms with Crippen molar-refractivity contribution < 1.29 is 4.79 Å². The molecule has 0 saturated carbocycles. The van der Waals surface area contributed by atoms with Gasteiger partial charge in [-0.1, -0.05) is 12.1 Å². The van der Waals surface area contributed by atoms with Crippen LogP contribution in [0, 0.1) is 6.92 Å². The smallest absolute Gasteiger partial charge is 0.263 e. The Labute approximate surface area is 122 Å². The summed E-state index contributed by atoms with van der Waals surface area (Å²) in [5, 5.41) is 7.38. The number of amides is 1. The molecule has 0 unspecified atom stereocenters. The van der Waals surface area contributed by atoms with E-state index in [1.165, 1.54) is 16.9 Å². The van der Waals surface area contributed by atoms with Crippen molar-refractivity contribution in [2.24, 2.45) is 0 Å². The topological polar surface area (TPSA) is 67.2 Å². The molecule has 2 heterocycles. The van der Waals surface area contributed by atoms with E-state index in [9.17, 15) is 4.79 Å². The zero-order valence-corrected chi connectivity index (χ0v) is 12.3. The Morgan fingerprint density at radius 3 is 2.90 bits per heavy atom. The zero-order valence-electron chi connectivity index (χ0n) is 11.5. The minimum atomic E-state index is -0.0340. The van der Waals surface area contributed by atoms with Crippen molar-refractivity contribution in [3.8, 4) is 0 Å². The quantitative estimate of drug-likeness (QED) is 0.794. The van der Waals surface area contributed by atoms with Crippen LogP contribution >= 0.6 is 11.3 Å². The molecular weight excluding hydrogens is 270 g/mol. The van der Waals surface area contributed by atoms with Crippen LogP contribution in [-0.2, 0) is 0 Å². The van der Waals surface area contributed by atoms with E-state index >= 15 is 0 Å². The highest BCUT2D eigenvalue weighted by Gasteiger charge is 2.20. The molecule has 1 fully saturated rings. The van der Waals surface area contributed by atoms with Crippen molar-refractivity contribution in [1.82, 2.24) is 10.6 Å². The van der Waals surface area contributed by atoms with Crippen molar-refractivity contribution in [2.45, 2.75) is 25.8 Å². The summed E-state index contributed by atoms with van der Waals surface area (Å²) in [6.07, 6.45) is 1.96. The van der Waals surface area contributed by atoms with Crippen LogP contribution in [0.15, 0.2) is 18.2 Å². The first-order valence-corrected chi connectivity index (χ1v) is 7.77. The molecule has 2 aromatic rings. The van der Waals surface area contributed by atoms with Gasteiger partial charge in [0.15, 0.2) is 0 Å². The number of fused-ring (bicyclic) bond motifs is 1. The molecule has 1 aliphatic heterocycles. The van der Waals surface area contributed by atoms with Crippen LogP contribution in [0.4, 0.5) is 5.69 Å². The summed E-state index contributed by atoms with van der Waals surface area (Å²) in [7, 11) is 0. The number of benzene rings is 1. The molecule has 5 heteroatoms. The molecule has 0 spiro atoms. The van der Waals surface area contributed by atoms with E-state index < -0.39 is 0 Å². The Hall–Kier alpha value is -1.59. The molecule has 0 aliphatic carbocycles. The Morgan fingerprint density at radius 2 is 2.15 bits per heavy atom. The number of piperidine rings is 1. The SMILES string of the molecule is Cc1ccc2c(N)c(C(=O)NC3CCNCC3)sc2c1. The fourth-order valence-corrected chi connectivity index (χ4v) is 3.73. The average Bonchev–Trinajstić information content (AvgIpc) is 2.76. The van der Waals surface area contributed by atoms with E-state index in [1.54, 1.807) is 0 Å². The summed E-state index contributed by atoms with van der Waals surface area (Å²) < 4.78 is 1.08. The maximum atomic E-state index is 12.4. The number of nitrogen functional groups attached to an aromatic ring is 1. The van der Waals surface area contributed by atoms with Gasteiger partial charge in [0, 0.05) is 16.1 Å². The van der Waals surface area contributed by atoms with Crippen molar-refractivity contribution in [3.05, 3.63) is 28.6 Å². The predicted octanol–water partition coefficient (Wildman–Crippen LogP) is 2.27. The second-order valence-corrected chi connectivity index (χ2v) is 6.39. The number of carbonyl (C=O) groups is 1. The van der Waals surface area contributed by atoms with Crippen LogP contribution in [0.1, 0.15) is 28.1 Å². The van der Waals surface area contributed by atoms with Crippen LogP contribution in [-0.4, -0.2) is 25.0 Å². The molecule has 4 N–H and O–H groups in total. The van der Waals surface area contributed by atoms with Crippen molar-refractivity contribution in [3.63, 3.8) is 0 Å². The zero-order chi connectivity index (χ0) is 14.1. The van der Waals surface area contributed by atoms with Gasteiger partial charge in [0.25, 0.3) is 5.91 Å². The number of nitrogens with two attached hydrogens (primary N) is 1. The van der Waals surface area contributed by atoms with Gasteiger partial charge in [-0.2, -0.15) is 0 Å². The monoisotopic (exact) mass is 289 g/mol. The van der Waals surface area contributed by atoms with Crippen molar-refractivity contribution >= 4 is 33.0 Å². The lowest BCUT2D eigenvalue weighted by atomic mass is 10.1. The Morgan fingerprint density at radius 1 is 1.40 bits per heavy atom. The van der Waals surface area contributed by atoms with Gasteiger partial charge in [0.2, 0.25) is 0 Å². The lowest BCUT2D eigenvalue weighted by Crippen LogP contribution is -2.42. The first kappa shape index (κ1) is 13.4. The summed E-state index contributed by atoms with van der Waals surface area (Å²) in [5.74, 6) is -0.0340. The highest BCUT2D eigenvalue weighted by molar-refractivity contribution is 7.21. The van der Waals surface area contributed by atoms with Gasteiger partial charge in [-0.3, -0.25) is 4.79 Å². The van der Waals surface area contributed by atoms with Gasteiger partial charge in [-0.05, 0) is 44.5 Å². The molecule has 0 bridgehead atoms. The van der Waals surface area contributed by atoms with Gasteiger partial charge in [-0.15, -0.1) is 11.3 Å². The maximum absolute atomic E-state index is 12.4. The van der Waals surface area contributed by atoms with Gasteiger partial charge >= 0.3 is 0 Å². The van der Waals surface area contributed by atoms with E-state index in [0.717, 1.165) is 36.0 Å². The highest BCUT2D eigenvalue weighted by Crippen LogP contribution is 2.34. The van der Waals surface area contributed by atoms with Crippen molar-refractivity contribution in [2.75, 3.05) is 18.8 Å². The maximum Gasteiger partial charge on any atom is 0.263 e. The van der Waals surface area contributed by atoms with Crippen LogP contribution in [0.5, 0.6) is 0 Å². The van der Waals surface area contributed by atoms with Crippen LogP contribution < -0.4 is 16.4 Å². The largest absolute Gasteiger partial charge is 0.397 e. The van der Waals surface area contributed by atoms with E-state index in [2.05, 4.69) is 16.7 Å². The Balaban J connectivity index is 1.85. The molecule has 1 aromatic heterocycles. The normalized spacial score (nSPS) is 16.4.